The highest BCUT2D eigenvalue weighted by Gasteiger charge is 2.10. The Morgan fingerprint density at radius 2 is 2.19 bits per heavy atom. The van der Waals surface area contributed by atoms with Gasteiger partial charge in [0.05, 0.1) is 12.2 Å². The van der Waals surface area contributed by atoms with Crippen molar-refractivity contribution in [3.05, 3.63) is 65.6 Å². The number of nitrogens with zero attached hydrogens (tertiary/aromatic N) is 2. The molecule has 0 bridgehead atoms. The van der Waals surface area contributed by atoms with Gasteiger partial charge in [-0.3, -0.25) is 4.79 Å². The molecule has 0 unspecified atom stereocenters. The van der Waals surface area contributed by atoms with Crippen LogP contribution < -0.4 is 11.1 Å². The lowest BCUT2D eigenvalue weighted by Gasteiger charge is -2.07. The van der Waals surface area contributed by atoms with Gasteiger partial charge in [0.15, 0.2) is 0 Å². The molecule has 1 aromatic carbocycles. The van der Waals surface area contributed by atoms with E-state index in [9.17, 15) is 4.79 Å². The van der Waals surface area contributed by atoms with Gasteiger partial charge in [0.1, 0.15) is 5.65 Å². The molecule has 0 radical (unpaired) electrons. The Bertz CT molecular complexity index is 774. The molecule has 5 nitrogen and oxygen atoms in total. The monoisotopic (exact) mass is 280 g/mol. The van der Waals surface area contributed by atoms with E-state index in [-0.39, 0.29) is 5.91 Å². The van der Waals surface area contributed by atoms with E-state index in [0.29, 0.717) is 17.8 Å². The molecule has 5 heteroatoms. The van der Waals surface area contributed by atoms with E-state index in [4.69, 9.17) is 5.73 Å². The molecule has 1 amide bonds. The minimum Gasteiger partial charge on any atom is -0.399 e. The molecule has 2 heterocycles. The van der Waals surface area contributed by atoms with Gasteiger partial charge in [-0.25, -0.2) is 4.98 Å². The molecule has 0 saturated heterocycles. The topological polar surface area (TPSA) is 72.4 Å². The summed E-state index contributed by atoms with van der Waals surface area (Å²) in [6, 6.07) is 11.1. The van der Waals surface area contributed by atoms with Crippen molar-refractivity contribution >= 4 is 17.2 Å². The average molecular weight is 280 g/mol. The fourth-order valence-electron chi connectivity index (χ4n) is 2.22. The van der Waals surface area contributed by atoms with Crippen LogP contribution in [-0.2, 0) is 6.54 Å². The number of imidazole rings is 1. The molecular weight excluding hydrogens is 264 g/mol. The van der Waals surface area contributed by atoms with Crippen LogP contribution in [0.15, 0.2) is 48.8 Å². The zero-order valence-electron chi connectivity index (χ0n) is 11.7. The van der Waals surface area contributed by atoms with Gasteiger partial charge >= 0.3 is 0 Å². The van der Waals surface area contributed by atoms with Gasteiger partial charge in [-0.15, -0.1) is 0 Å². The number of carbonyl (C=O) groups excluding carboxylic acids is 1. The van der Waals surface area contributed by atoms with Crippen molar-refractivity contribution in [2.75, 3.05) is 5.73 Å². The molecule has 0 fully saturated rings. The summed E-state index contributed by atoms with van der Waals surface area (Å²) >= 11 is 0. The quantitative estimate of drug-likeness (QED) is 0.722. The zero-order chi connectivity index (χ0) is 14.8. The average Bonchev–Trinajstić information content (AvgIpc) is 2.90. The van der Waals surface area contributed by atoms with Crippen molar-refractivity contribution in [1.29, 1.82) is 0 Å². The number of benzene rings is 1. The van der Waals surface area contributed by atoms with Crippen LogP contribution in [0, 0.1) is 6.92 Å². The Kier molecular flexibility index (Phi) is 3.31. The van der Waals surface area contributed by atoms with Crippen LogP contribution in [0.3, 0.4) is 0 Å². The lowest BCUT2D eigenvalue weighted by atomic mass is 10.1. The number of nitrogens with two attached hydrogens (primary N) is 1. The van der Waals surface area contributed by atoms with Crippen molar-refractivity contribution in [3.8, 4) is 0 Å². The number of nitrogens with one attached hydrogen (secondary N) is 1. The Morgan fingerprint density at radius 3 is 3.00 bits per heavy atom. The van der Waals surface area contributed by atoms with Crippen LogP contribution in [0.1, 0.15) is 21.6 Å². The summed E-state index contributed by atoms with van der Waals surface area (Å²) in [5.41, 5.74) is 9.48. The lowest BCUT2D eigenvalue weighted by Crippen LogP contribution is -2.23. The van der Waals surface area contributed by atoms with Crippen LogP contribution in [0.5, 0.6) is 0 Å². The normalized spacial score (nSPS) is 10.7. The van der Waals surface area contributed by atoms with Crippen LogP contribution in [0.2, 0.25) is 0 Å². The molecule has 3 aromatic rings. The van der Waals surface area contributed by atoms with Gasteiger partial charge in [-0.1, -0.05) is 12.1 Å². The third kappa shape index (κ3) is 2.72. The van der Waals surface area contributed by atoms with Crippen molar-refractivity contribution in [3.63, 3.8) is 0 Å². The van der Waals surface area contributed by atoms with Crippen molar-refractivity contribution < 1.29 is 4.79 Å². The highest BCUT2D eigenvalue weighted by molar-refractivity contribution is 5.96. The number of nitrogen functional groups attached to an aromatic ring is 1. The Balaban J connectivity index is 1.74. The van der Waals surface area contributed by atoms with Crippen LogP contribution in [0.25, 0.3) is 5.65 Å². The van der Waals surface area contributed by atoms with E-state index >= 15 is 0 Å². The SMILES string of the molecule is Cc1ccc(N)cc1C(=O)NCc1cn2ccccc2n1. The first kappa shape index (κ1) is 13.2. The number of aromatic nitrogens is 2. The minimum atomic E-state index is -0.142. The van der Waals surface area contributed by atoms with Crippen LogP contribution in [0.4, 0.5) is 5.69 Å². The van der Waals surface area contributed by atoms with Crippen molar-refractivity contribution in [2.45, 2.75) is 13.5 Å². The number of carbonyl (C=O) groups is 1. The summed E-state index contributed by atoms with van der Waals surface area (Å²) in [4.78, 5) is 16.6. The second kappa shape index (κ2) is 5.28. The summed E-state index contributed by atoms with van der Waals surface area (Å²) in [6.45, 7) is 2.27. The molecule has 0 spiro atoms. The van der Waals surface area contributed by atoms with E-state index in [0.717, 1.165) is 16.9 Å². The van der Waals surface area contributed by atoms with Crippen molar-refractivity contribution in [1.82, 2.24) is 14.7 Å². The Labute approximate surface area is 122 Å². The van der Waals surface area contributed by atoms with E-state index in [1.54, 1.807) is 12.1 Å². The Morgan fingerprint density at radius 1 is 1.33 bits per heavy atom. The number of hydrogen-bond donors (Lipinski definition) is 2. The highest BCUT2D eigenvalue weighted by atomic mass is 16.1. The van der Waals surface area contributed by atoms with Gasteiger partial charge in [0.25, 0.3) is 5.91 Å². The number of amides is 1. The molecule has 0 aliphatic carbocycles. The standard InChI is InChI=1S/C16H16N4O/c1-11-5-6-12(17)8-14(11)16(21)18-9-13-10-20-7-3-2-4-15(20)19-13/h2-8,10H,9,17H2,1H3,(H,18,21). The predicted molar refractivity (Wildman–Crippen MR) is 82.0 cm³/mol. The summed E-state index contributed by atoms with van der Waals surface area (Å²) in [5.74, 6) is -0.142. The highest BCUT2D eigenvalue weighted by Crippen LogP contribution is 2.13. The fraction of sp³-hybridized carbons (Fsp3) is 0.125. The smallest absolute Gasteiger partial charge is 0.251 e. The summed E-state index contributed by atoms with van der Waals surface area (Å²) < 4.78 is 1.92. The maximum atomic E-state index is 12.2. The van der Waals surface area contributed by atoms with Gasteiger partial charge in [-0.05, 0) is 36.8 Å². The largest absolute Gasteiger partial charge is 0.399 e. The van der Waals surface area contributed by atoms with Crippen LogP contribution >= 0.6 is 0 Å². The first-order valence-corrected chi connectivity index (χ1v) is 6.70. The number of anilines is 1. The van der Waals surface area contributed by atoms with E-state index < -0.39 is 0 Å². The van der Waals surface area contributed by atoms with Gasteiger partial charge in [0.2, 0.25) is 0 Å². The molecule has 106 valence electrons. The van der Waals surface area contributed by atoms with Gasteiger partial charge in [0, 0.05) is 23.6 Å². The second-order valence-electron chi connectivity index (χ2n) is 4.96. The minimum absolute atomic E-state index is 0.142. The van der Waals surface area contributed by atoms with E-state index in [1.807, 2.05) is 48.0 Å². The second-order valence-corrected chi connectivity index (χ2v) is 4.96. The third-order valence-electron chi connectivity index (χ3n) is 3.35. The maximum absolute atomic E-state index is 12.2. The molecule has 0 aliphatic rings. The fourth-order valence-corrected chi connectivity index (χ4v) is 2.22. The molecule has 2 aromatic heterocycles. The summed E-state index contributed by atoms with van der Waals surface area (Å²) in [7, 11) is 0. The summed E-state index contributed by atoms with van der Waals surface area (Å²) in [5, 5.41) is 2.87. The molecular formula is C16H16N4O. The predicted octanol–water partition coefficient (Wildman–Crippen LogP) is 2.15. The number of aryl methyl sites for hydroxylation is 1. The molecule has 0 saturated carbocycles. The molecule has 3 N–H and O–H groups in total. The summed E-state index contributed by atoms with van der Waals surface area (Å²) in [6.07, 6.45) is 3.83. The zero-order valence-corrected chi connectivity index (χ0v) is 11.7. The first-order valence-electron chi connectivity index (χ1n) is 6.70. The van der Waals surface area contributed by atoms with E-state index in [2.05, 4.69) is 10.3 Å². The third-order valence-corrected chi connectivity index (χ3v) is 3.35. The van der Waals surface area contributed by atoms with Crippen molar-refractivity contribution in [2.24, 2.45) is 0 Å². The number of hydrogen-bond acceptors (Lipinski definition) is 3. The Hall–Kier alpha value is -2.82. The number of pyridine rings is 1. The lowest BCUT2D eigenvalue weighted by molar-refractivity contribution is 0.0950. The van der Waals surface area contributed by atoms with E-state index in [1.165, 1.54) is 0 Å². The molecule has 0 aliphatic heterocycles. The maximum Gasteiger partial charge on any atom is 0.251 e. The van der Waals surface area contributed by atoms with Crippen LogP contribution in [-0.4, -0.2) is 15.3 Å². The molecule has 0 atom stereocenters. The molecule has 21 heavy (non-hydrogen) atoms. The first-order chi connectivity index (χ1) is 10.1. The number of fused-ring (bicyclic) bond motifs is 1. The van der Waals surface area contributed by atoms with Gasteiger partial charge in [-0.2, -0.15) is 0 Å². The number of rotatable bonds is 3. The molecule has 3 rings (SSSR count). The van der Waals surface area contributed by atoms with Gasteiger partial charge < -0.3 is 15.5 Å².